The summed E-state index contributed by atoms with van der Waals surface area (Å²) >= 11 is 5.71. The second-order valence-corrected chi connectivity index (χ2v) is 8.26. The molecule has 2 N–H and O–H groups in total. The third-order valence-electron chi connectivity index (χ3n) is 2.50. The van der Waals surface area contributed by atoms with Crippen LogP contribution in [-0.4, -0.2) is 65.7 Å². The molecule has 0 spiro atoms. The lowest BCUT2D eigenvalue weighted by Crippen LogP contribution is -2.48. The van der Waals surface area contributed by atoms with Crippen molar-refractivity contribution in [3.63, 3.8) is 0 Å². The van der Waals surface area contributed by atoms with E-state index < -0.39 is 25.7 Å². The minimum atomic E-state index is -4.04. The zero-order valence-electron chi connectivity index (χ0n) is 10.5. The topological polar surface area (TPSA) is 105 Å². The molecule has 1 unspecified atom stereocenters. The summed E-state index contributed by atoms with van der Waals surface area (Å²) in [4.78, 5) is 0. The third kappa shape index (κ3) is 5.90. The molecular weight excluding hydrogens is 318 g/mol. The molecular formula is C8H18ClN3O5S2. The number of alkyl halides is 1. The van der Waals surface area contributed by atoms with Gasteiger partial charge in [-0.3, -0.25) is 0 Å². The first-order valence-electron chi connectivity index (χ1n) is 5.67. The van der Waals surface area contributed by atoms with Crippen LogP contribution in [0.5, 0.6) is 0 Å². The van der Waals surface area contributed by atoms with Crippen molar-refractivity contribution in [2.75, 3.05) is 39.1 Å². The summed E-state index contributed by atoms with van der Waals surface area (Å²) < 4.78 is 54.8. The highest BCUT2D eigenvalue weighted by atomic mass is 35.5. The maximum absolute atomic E-state index is 11.8. The van der Waals surface area contributed by atoms with E-state index in [-0.39, 0.29) is 38.5 Å². The van der Waals surface area contributed by atoms with E-state index in [9.17, 15) is 16.8 Å². The van der Waals surface area contributed by atoms with E-state index in [0.29, 0.717) is 0 Å². The highest BCUT2D eigenvalue weighted by Gasteiger charge is 2.29. The second-order valence-electron chi connectivity index (χ2n) is 3.96. The van der Waals surface area contributed by atoms with Crippen LogP contribution in [0.1, 0.15) is 6.42 Å². The van der Waals surface area contributed by atoms with Crippen LogP contribution in [0, 0.1) is 0 Å². The maximum atomic E-state index is 11.8. The van der Waals surface area contributed by atoms with Crippen LogP contribution in [0.15, 0.2) is 0 Å². The van der Waals surface area contributed by atoms with E-state index >= 15 is 0 Å². The Kier molecular flexibility index (Phi) is 6.43. The van der Waals surface area contributed by atoms with Gasteiger partial charge in [0.25, 0.3) is 10.2 Å². The molecule has 0 aromatic heterocycles. The van der Waals surface area contributed by atoms with Crippen molar-refractivity contribution in [2.24, 2.45) is 0 Å². The average Bonchev–Trinajstić information content (AvgIpc) is 2.36. The van der Waals surface area contributed by atoms with Crippen molar-refractivity contribution in [1.29, 1.82) is 0 Å². The first kappa shape index (κ1) is 17.1. The summed E-state index contributed by atoms with van der Waals surface area (Å²) in [7, 11) is -6.40. The molecule has 0 aromatic carbocycles. The van der Waals surface area contributed by atoms with Gasteiger partial charge < -0.3 is 10.1 Å². The molecule has 1 atom stereocenters. The third-order valence-corrected chi connectivity index (χ3v) is 6.61. The molecule has 1 aliphatic rings. The van der Waals surface area contributed by atoms with Crippen LogP contribution in [0.2, 0.25) is 0 Å². The molecule has 19 heavy (non-hydrogen) atoms. The Hall–Kier alpha value is 0.0300. The van der Waals surface area contributed by atoms with Gasteiger partial charge in [0.1, 0.15) is 0 Å². The largest absolute Gasteiger partial charge is 0.379 e. The van der Waals surface area contributed by atoms with E-state index in [2.05, 4.69) is 5.32 Å². The summed E-state index contributed by atoms with van der Waals surface area (Å²) in [5, 5.41) is 2.66. The predicted octanol–water partition coefficient (Wildman–Crippen LogP) is -1.34. The number of rotatable bonds is 7. The van der Waals surface area contributed by atoms with Gasteiger partial charge in [-0.15, -0.1) is 11.6 Å². The van der Waals surface area contributed by atoms with Gasteiger partial charge in [0.2, 0.25) is 10.0 Å². The second kappa shape index (κ2) is 7.16. The molecule has 114 valence electrons. The SMILES string of the molecule is CNC(Cl)CCS(=O)(=O)NS(=O)(=O)N1CCOCC1. The van der Waals surface area contributed by atoms with Gasteiger partial charge in [0.05, 0.1) is 24.5 Å². The summed E-state index contributed by atoms with van der Waals surface area (Å²) in [6, 6.07) is 0. The maximum Gasteiger partial charge on any atom is 0.292 e. The van der Waals surface area contributed by atoms with Gasteiger partial charge in [-0.25, -0.2) is 8.42 Å². The first-order valence-corrected chi connectivity index (χ1v) is 9.20. The highest BCUT2D eigenvalue weighted by Crippen LogP contribution is 2.06. The smallest absolute Gasteiger partial charge is 0.292 e. The van der Waals surface area contributed by atoms with E-state index in [1.165, 1.54) is 0 Å². The number of nitrogens with zero attached hydrogens (tertiary/aromatic N) is 1. The molecule has 0 amide bonds. The minimum Gasteiger partial charge on any atom is -0.379 e. The lowest BCUT2D eigenvalue weighted by atomic mass is 10.5. The zero-order chi connectivity index (χ0) is 14.5. The van der Waals surface area contributed by atoms with Crippen LogP contribution in [0.3, 0.4) is 0 Å². The monoisotopic (exact) mass is 335 g/mol. The quantitative estimate of drug-likeness (QED) is 0.440. The fourth-order valence-corrected chi connectivity index (χ4v) is 4.90. The van der Waals surface area contributed by atoms with Crippen LogP contribution in [0.25, 0.3) is 0 Å². The number of morpholine rings is 1. The van der Waals surface area contributed by atoms with Crippen molar-refractivity contribution in [3.05, 3.63) is 0 Å². The molecule has 0 aromatic rings. The van der Waals surface area contributed by atoms with Gasteiger partial charge in [-0.05, 0) is 13.5 Å². The fraction of sp³-hybridized carbons (Fsp3) is 1.00. The summed E-state index contributed by atoms with van der Waals surface area (Å²) in [6.45, 7) is 0.786. The van der Waals surface area contributed by atoms with E-state index in [1.807, 2.05) is 0 Å². The van der Waals surface area contributed by atoms with Crippen LogP contribution < -0.4 is 9.44 Å². The molecule has 0 aliphatic carbocycles. The van der Waals surface area contributed by atoms with Gasteiger partial charge in [0, 0.05) is 13.1 Å². The standard InChI is InChI=1S/C8H18ClN3O5S2/c1-10-8(9)2-7-18(13,14)11-19(15,16)12-3-5-17-6-4-12/h8,10-11H,2-7H2,1H3. The Bertz CT molecular complexity index is 475. The summed E-state index contributed by atoms with van der Waals surface area (Å²) in [5.41, 5.74) is -0.525. The molecule has 1 aliphatic heterocycles. The van der Waals surface area contributed by atoms with E-state index in [4.69, 9.17) is 16.3 Å². The molecule has 0 radical (unpaired) electrons. The lowest BCUT2D eigenvalue weighted by Gasteiger charge is -2.25. The Morgan fingerprint density at radius 2 is 1.84 bits per heavy atom. The minimum absolute atomic E-state index is 0.103. The highest BCUT2D eigenvalue weighted by molar-refractivity contribution is 8.03. The molecule has 1 heterocycles. The summed E-state index contributed by atoms with van der Waals surface area (Å²) in [5.74, 6) is -0.369. The average molecular weight is 336 g/mol. The number of nitrogens with one attached hydrogen (secondary N) is 2. The molecule has 0 saturated carbocycles. The summed E-state index contributed by atoms with van der Waals surface area (Å²) in [6.07, 6.45) is 0.103. The van der Waals surface area contributed by atoms with Crippen LogP contribution in [0.4, 0.5) is 0 Å². The van der Waals surface area contributed by atoms with Crippen molar-refractivity contribution < 1.29 is 21.6 Å². The molecule has 11 heteroatoms. The normalized spacial score (nSPS) is 20.3. The number of sulfonamides is 1. The number of hydrogen-bond donors (Lipinski definition) is 2. The first-order chi connectivity index (χ1) is 8.77. The van der Waals surface area contributed by atoms with Gasteiger partial charge >= 0.3 is 0 Å². The zero-order valence-corrected chi connectivity index (χ0v) is 12.9. The Balaban J connectivity index is 2.60. The van der Waals surface area contributed by atoms with E-state index in [0.717, 1.165) is 4.31 Å². The number of ether oxygens (including phenoxy) is 1. The van der Waals surface area contributed by atoms with Crippen molar-refractivity contribution in [2.45, 2.75) is 11.9 Å². The number of halogens is 1. The van der Waals surface area contributed by atoms with Crippen LogP contribution in [-0.2, 0) is 25.0 Å². The Morgan fingerprint density at radius 1 is 1.26 bits per heavy atom. The molecule has 1 rings (SSSR count). The van der Waals surface area contributed by atoms with Gasteiger partial charge in [-0.1, -0.05) is 4.13 Å². The van der Waals surface area contributed by atoms with Gasteiger partial charge in [0.15, 0.2) is 0 Å². The van der Waals surface area contributed by atoms with E-state index in [1.54, 1.807) is 11.2 Å². The predicted molar refractivity (Wildman–Crippen MR) is 71.6 cm³/mol. The van der Waals surface area contributed by atoms with Crippen molar-refractivity contribution >= 4 is 31.8 Å². The molecule has 1 fully saturated rings. The molecule has 8 nitrogen and oxygen atoms in total. The van der Waals surface area contributed by atoms with Crippen molar-refractivity contribution in [1.82, 2.24) is 13.7 Å². The lowest BCUT2D eigenvalue weighted by molar-refractivity contribution is 0.0728. The fourth-order valence-electron chi connectivity index (χ4n) is 1.44. The van der Waals surface area contributed by atoms with Gasteiger partial charge in [-0.2, -0.15) is 12.7 Å². The van der Waals surface area contributed by atoms with Crippen LogP contribution >= 0.6 is 11.6 Å². The Labute approximate surface area is 118 Å². The Morgan fingerprint density at radius 3 is 2.37 bits per heavy atom. The number of hydrogen-bond acceptors (Lipinski definition) is 6. The molecule has 0 bridgehead atoms. The van der Waals surface area contributed by atoms with Crippen molar-refractivity contribution in [3.8, 4) is 0 Å². The molecule has 1 saturated heterocycles.